The summed E-state index contributed by atoms with van der Waals surface area (Å²) in [7, 11) is 0. The third-order valence-electron chi connectivity index (χ3n) is 3.80. The molecule has 6 heteroatoms. The standard InChI is InChI=1S/C19H13F2N3S/c20-14-3-1-2-12(8-14)10-23-19-24-17-5-4-13(9-18(17)25-19)15-6-7-22-11-16(15)21/h1-9,11H,10H2,(H,23,24). The van der Waals surface area contributed by atoms with Gasteiger partial charge in [-0.25, -0.2) is 13.8 Å². The number of anilines is 1. The summed E-state index contributed by atoms with van der Waals surface area (Å²) >= 11 is 1.48. The Morgan fingerprint density at radius 3 is 2.80 bits per heavy atom. The number of hydrogen-bond acceptors (Lipinski definition) is 4. The number of fused-ring (bicyclic) bond motifs is 1. The third-order valence-corrected chi connectivity index (χ3v) is 4.78. The molecule has 0 fully saturated rings. The zero-order valence-electron chi connectivity index (χ0n) is 13.0. The van der Waals surface area contributed by atoms with Crippen molar-refractivity contribution in [1.29, 1.82) is 0 Å². The second kappa shape index (κ2) is 6.57. The maximum Gasteiger partial charge on any atom is 0.184 e. The van der Waals surface area contributed by atoms with Gasteiger partial charge in [0.05, 0.1) is 16.4 Å². The fourth-order valence-electron chi connectivity index (χ4n) is 2.60. The van der Waals surface area contributed by atoms with Crippen LogP contribution in [0, 0.1) is 11.6 Å². The summed E-state index contributed by atoms with van der Waals surface area (Å²) in [5.74, 6) is -0.608. The molecule has 2 aromatic heterocycles. The predicted molar refractivity (Wildman–Crippen MR) is 96.5 cm³/mol. The first-order valence-electron chi connectivity index (χ1n) is 7.68. The number of rotatable bonds is 4. The van der Waals surface area contributed by atoms with Gasteiger partial charge in [0.2, 0.25) is 0 Å². The molecule has 0 saturated heterocycles. The number of nitrogens with zero attached hydrogens (tertiary/aromatic N) is 2. The molecule has 124 valence electrons. The van der Waals surface area contributed by atoms with Gasteiger partial charge >= 0.3 is 0 Å². The molecule has 0 aliphatic rings. The lowest BCUT2D eigenvalue weighted by molar-refractivity contribution is 0.625. The number of thiazole rings is 1. The van der Waals surface area contributed by atoms with E-state index in [0.29, 0.717) is 12.1 Å². The van der Waals surface area contributed by atoms with Crippen molar-refractivity contribution in [2.45, 2.75) is 6.54 Å². The van der Waals surface area contributed by atoms with E-state index in [2.05, 4.69) is 15.3 Å². The summed E-state index contributed by atoms with van der Waals surface area (Å²) in [6.45, 7) is 0.490. The molecule has 0 atom stereocenters. The number of hydrogen-bond donors (Lipinski definition) is 1. The van der Waals surface area contributed by atoms with Crippen LogP contribution in [0.15, 0.2) is 60.9 Å². The molecule has 0 amide bonds. The van der Waals surface area contributed by atoms with Crippen LogP contribution in [0.1, 0.15) is 5.56 Å². The fraction of sp³-hybridized carbons (Fsp3) is 0.0526. The van der Waals surface area contributed by atoms with Crippen molar-refractivity contribution in [2.24, 2.45) is 0 Å². The van der Waals surface area contributed by atoms with E-state index >= 15 is 0 Å². The summed E-state index contributed by atoms with van der Waals surface area (Å²) < 4.78 is 28.1. The van der Waals surface area contributed by atoms with Gasteiger partial charge in [0.15, 0.2) is 5.13 Å². The monoisotopic (exact) mass is 353 g/mol. The second-order valence-corrected chi connectivity index (χ2v) is 6.57. The molecule has 1 N–H and O–H groups in total. The van der Waals surface area contributed by atoms with Gasteiger partial charge in [-0.2, -0.15) is 0 Å². The quantitative estimate of drug-likeness (QED) is 0.545. The van der Waals surface area contributed by atoms with Crippen LogP contribution >= 0.6 is 11.3 Å². The Labute approximate surface area is 147 Å². The molecule has 25 heavy (non-hydrogen) atoms. The van der Waals surface area contributed by atoms with Crippen molar-refractivity contribution < 1.29 is 8.78 Å². The predicted octanol–water partition coefficient (Wildman–Crippen LogP) is 5.25. The van der Waals surface area contributed by atoms with E-state index in [1.54, 1.807) is 18.3 Å². The van der Waals surface area contributed by atoms with Crippen molar-refractivity contribution in [3.63, 3.8) is 0 Å². The van der Waals surface area contributed by atoms with Crippen LogP contribution in [0.3, 0.4) is 0 Å². The molecule has 2 heterocycles. The van der Waals surface area contributed by atoms with Gasteiger partial charge in [0.1, 0.15) is 11.6 Å². The highest BCUT2D eigenvalue weighted by atomic mass is 32.1. The molecule has 0 radical (unpaired) electrons. The lowest BCUT2D eigenvalue weighted by Gasteiger charge is -2.02. The zero-order chi connectivity index (χ0) is 17.2. The summed E-state index contributed by atoms with van der Waals surface area (Å²) in [5.41, 5.74) is 2.98. The number of halogens is 2. The maximum absolute atomic E-state index is 13.9. The Kier molecular flexibility index (Phi) is 4.11. The van der Waals surface area contributed by atoms with Crippen LogP contribution in [0.2, 0.25) is 0 Å². The topological polar surface area (TPSA) is 37.8 Å². The van der Waals surface area contributed by atoms with Crippen molar-refractivity contribution in [3.05, 3.63) is 78.1 Å². The molecule has 4 aromatic rings. The Bertz CT molecular complexity index is 1050. The molecule has 0 spiro atoms. The lowest BCUT2D eigenvalue weighted by atomic mass is 10.1. The highest BCUT2D eigenvalue weighted by molar-refractivity contribution is 7.22. The van der Waals surface area contributed by atoms with Crippen LogP contribution in [0.5, 0.6) is 0 Å². The van der Waals surface area contributed by atoms with Crippen LogP contribution in [-0.4, -0.2) is 9.97 Å². The average Bonchev–Trinajstić information content (AvgIpc) is 3.02. The minimum absolute atomic E-state index is 0.257. The van der Waals surface area contributed by atoms with Gasteiger partial charge in [-0.05, 0) is 41.5 Å². The van der Waals surface area contributed by atoms with Crippen molar-refractivity contribution in [1.82, 2.24) is 9.97 Å². The van der Waals surface area contributed by atoms with Crippen molar-refractivity contribution >= 4 is 26.7 Å². The number of aromatic nitrogens is 2. The SMILES string of the molecule is Fc1cccc(CNc2nc3ccc(-c4ccncc4F)cc3s2)c1. The molecule has 0 unspecified atom stereocenters. The van der Waals surface area contributed by atoms with Crippen LogP contribution in [0.4, 0.5) is 13.9 Å². The average molecular weight is 353 g/mol. The Morgan fingerprint density at radius 1 is 1.04 bits per heavy atom. The van der Waals surface area contributed by atoms with Crippen LogP contribution in [-0.2, 0) is 6.54 Å². The van der Waals surface area contributed by atoms with Crippen molar-refractivity contribution in [3.8, 4) is 11.1 Å². The minimum atomic E-state index is -0.351. The summed E-state index contributed by atoms with van der Waals surface area (Å²) in [5, 5.41) is 3.95. The molecule has 0 saturated carbocycles. The van der Waals surface area contributed by atoms with E-state index in [9.17, 15) is 8.78 Å². The van der Waals surface area contributed by atoms with Gasteiger partial charge in [-0.15, -0.1) is 0 Å². The normalized spacial score (nSPS) is 11.0. The summed E-state index contributed by atoms with van der Waals surface area (Å²) in [6.07, 6.45) is 2.78. The first-order chi connectivity index (χ1) is 12.2. The molecule has 2 aromatic carbocycles. The second-order valence-electron chi connectivity index (χ2n) is 5.54. The largest absolute Gasteiger partial charge is 0.357 e. The Hall–Kier alpha value is -2.86. The molecular weight excluding hydrogens is 340 g/mol. The van der Waals surface area contributed by atoms with Crippen LogP contribution in [0.25, 0.3) is 21.3 Å². The zero-order valence-corrected chi connectivity index (χ0v) is 13.9. The van der Waals surface area contributed by atoms with Crippen LogP contribution < -0.4 is 5.32 Å². The van der Waals surface area contributed by atoms with Crippen molar-refractivity contribution in [2.75, 3.05) is 5.32 Å². The third kappa shape index (κ3) is 3.34. The molecule has 0 aliphatic carbocycles. The van der Waals surface area contributed by atoms with E-state index in [0.717, 1.165) is 26.5 Å². The molecule has 3 nitrogen and oxygen atoms in total. The Balaban J connectivity index is 1.59. The van der Waals surface area contributed by atoms with Gasteiger partial charge in [-0.1, -0.05) is 29.5 Å². The Morgan fingerprint density at radius 2 is 1.96 bits per heavy atom. The summed E-state index contributed by atoms with van der Waals surface area (Å²) in [4.78, 5) is 8.29. The highest BCUT2D eigenvalue weighted by Gasteiger charge is 2.09. The number of pyridine rings is 1. The molecule has 0 aliphatic heterocycles. The molecular formula is C19H13F2N3S. The summed E-state index contributed by atoms with van der Waals surface area (Å²) in [6, 6.07) is 13.7. The van der Waals surface area contributed by atoms with Gasteiger partial charge in [0.25, 0.3) is 0 Å². The minimum Gasteiger partial charge on any atom is -0.357 e. The van der Waals surface area contributed by atoms with Gasteiger partial charge < -0.3 is 5.32 Å². The van der Waals surface area contributed by atoms with Gasteiger partial charge in [-0.3, -0.25) is 4.98 Å². The first kappa shape index (κ1) is 15.7. The molecule has 0 bridgehead atoms. The molecule has 4 rings (SSSR count). The van der Waals surface area contributed by atoms with E-state index in [1.807, 2.05) is 24.3 Å². The fourth-order valence-corrected chi connectivity index (χ4v) is 3.50. The number of benzene rings is 2. The lowest BCUT2D eigenvalue weighted by Crippen LogP contribution is -1.98. The highest BCUT2D eigenvalue weighted by Crippen LogP contribution is 2.31. The number of nitrogens with one attached hydrogen (secondary N) is 1. The first-order valence-corrected chi connectivity index (χ1v) is 8.49. The smallest absolute Gasteiger partial charge is 0.184 e. The van der Waals surface area contributed by atoms with E-state index in [4.69, 9.17) is 0 Å². The van der Waals surface area contributed by atoms with E-state index in [1.165, 1.54) is 29.7 Å². The van der Waals surface area contributed by atoms with E-state index < -0.39 is 0 Å². The van der Waals surface area contributed by atoms with Gasteiger partial charge in [0, 0.05) is 18.3 Å². The van der Waals surface area contributed by atoms with E-state index in [-0.39, 0.29) is 11.6 Å². The maximum atomic E-state index is 13.9.